The van der Waals surface area contributed by atoms with Gasteiger partial charge in [-0.2, -0.15) is 0 Å². The fourth-order valence-corrected chi connectivity index (χ4v) is 0.702. The van der Waals surface area contributed by atoms with Crippen molar-refractivity contribution in [1.29, 1.82) is 0 Å². The number of aliphatic hydroxyl groups is 1. The molecule has 0 aromatic heterocycles. The molecular formula is C8H17NO2. The molecule has 0 aliphatic rings. The van der Waals surface area contributed by atoms with E-state index >= 15 is 0 Å². The molecule has 11 heavy (non-hydrogen) atoms. The Kier molecular flexibility index (Phi) is 7.46. The van der Waals surface area contributed by atoms with Crippen molar-refractivity contribution in [3.63, 3.8) is 0 Å². The van der Waals surface area contributed by atoms with E-state index in [1.165, 1.54) is 0 Å². The second-order valence-corrected chi connectivity index (χ2v) is 2.34. The molecule has 0 spiro atoms. The van der Waals surface area contributed by atoms with E-state index in [1.807, 2.05) is 19.1 Å². The molecule has 66 valence electrons. The van der Waals surface area contributed by atoms with Crippen LogP contribution in [0.2, 0.25) is 0 Å². The van der Waals surface area contributed by atoms with Gasteiger partial charge >= 0.3 is 0 Å². The first-order valence-corrected chi connectivity index (χ1v) is 3.80. The van der Waals surface area contributed by atoms with Crippen molar-refractivity contribution >= 4 is 0 Å². The maximum atomic E-state index is 9.14. The first-order chi connectivity index (χ1) is 5.31. The molecule has 0 aliphatic carbocycles. The zero-order valence-corrected chi connectivity index (χ0v) is 7.21. The van der Waals surface area contributed by atoms with Crippen LogP contribution in [-0.2, 0) is 4.74 Å². The fraction of sp³-hybridized carbons (Fsp3) is 0.750. The number of hydrogen-bond donors (Lipinski definition) is 2. The third kappa shape index (κ3) is 7.52. The number of nitrogens with one attached hydrogen (secondary N) is 1. The van der Waals surface area contributed by atoms with Crippen LogP contribution in [0.5, 0.6) is 0 Å². The minimum absolute atomic E-state index is 0.392. The van der Waals surface area contributed by atoms with Crippen LogP contribution in [-0.4, -0.2) is 38.0 Å². The van der Waals surface area contributed by atoms with Crippen molar-refractivity contribution in [2.24, 2.45) is 0 Å². The smallest absolute Gasteiger partial charge is 0.0897 e. The van der Waals surface area contributed by atoms with E-state index in [1.54, 1.807) is 7.11 Å². The van der Waals surface area contributed by atoms with Gasteiger partial charge in [-0.05, 0) is 6.92 Å². The minimum atomic E-state index is -0.398. The summed E-state index contributed by atoms with van der Waals surface area (Å²) in [6, 6.07) is 0. The Balaban J connectivity index is 3.10. The van der Waals surface area contributed by atoms with E-state index in [2.05, 4.69) is 5.32 Å². The van der Waals surface area contributed by atoms with E-state index in [-0.39, 0.29) is 0 Å². The summed E-state index contributed by atoms with van der Waals surface area (Å²) in [5.74, 6) is 0. The molecule has 1 unspecified atom stereocenters. The minimum Gasteiger partial charge on any atom is -0.389 e. The van der Waals surface area contributed by atoms with Gasteiger partial charge in [0.05, 0.1) is 12.7 Å². The average molecular weight is 159 g/mol. The van der Waals surface area contributed by atoms with E-state index in [4.69, 9.17) is 9.84 Å². The predicted octanol–water partition coefficient (Wildman–Crippen LogP) is 0.159. The molecule has 3 nitrogen and oxygen atoms in total. The molecular weight excluding hydrogens is 142 g/mol. The van der Waals surface area contributed by atoms with Gasteiger partial charge in [0.25, 0.3) is 0 Å². The monoisotopic (exact) mass is 159 g/mol. The molecule has 0 saturated heterocycles. The van der Waals surface area contributed by atoms with Gasteiger partial charge in [0.2, 0.25) is 0 Å². The highest BCUT2D eigenvalue weighted by molar-refractivity contribution is 4.79. The summed E-state index contributed by atoms with van der Waals surface area (Å²) in [7, 11) is 1.58. The summed E-state index contributed by atoms with van der Waals surface area (Å²) < 4.78 is 4.75. The van der Waals surface area contributed by atoms with Crippen molar-refractivity contribution in [1.82, 2.24) is 5.32 Å². The van der Waals surface area contributed by atoms with Gasteiger partial charge < -0.3 is 15.2 Å². The maximum Gasteiger partial charge on any atom is 0.0897 e. The second-order valence-electron chi connectivity index (χ2n) is 2.34. The normalized spacial score (nSPS) is 14.1. The van der Waals surface area contributed by atoms with Crippen LogP contribution in [0, 0.1) is 0 Å². The van der Waals surface area contributed by atoms with Gasteiger partial charge in [0.1, 0.15) is 0 Å². The van der Waals surface area contributed by atoms with Crippen LogP contribution in [0.25, 0.3) is 0 Å². The second kappa shape index (κ2) is 7.72. The van der Waals surface area contributed by atoms with Crippen LogP contribution in [0.1, 0.15) is 6.92 Å². The number of hydrogen-bond acceptors (Lipinski definition) is 3. The van der Waals surface area contributed by atoms with E-state index in [9.17, 15) is 0 Å². The summed E-state index contributed by atoms with van der Waals surface area (Å²) in [6.07, 6.45) is 3.57. The van der Waals surface area contributed by atoms with Gasteiger partial charge in [0.15, 0.2) is 0 Å². The zero-order valence-electron chi connectivity index (χ0n) is 7.21. The predicted molar refractivity (Wildman–Crippen MR) is 45.6 cm³/mol. The van der Waals surface area contributed by atoms with Gasteiger partial charge in [-0.15, -0.1) is 0 Å². The number of aliphatic hydroxyl groups excluding tert-OH is 1. The molecule has 0 saturated carbocycles. The molecule has 3 heteroatoms. The SMILES string of the molecule is C/C=C/CNCC(O)COC. The highest BCUT2D eigenvalue weighted by Gasteiger charge is 1.99. The largest absolute Gasteiger partial charge is 0.389 e. The number of ether oxygens (including phenoxy) is 1. The molecule has 0 aliphatic heterocycles. The Bertz CT molecular complexity index is 104. The zero-order chi connectivity index (χ0) is 8.53. The topological polar surface area (TPSA) is 41.5 Å². The quantitative estimate of drug-likeness (QED) is 0.428. The molecule has 2 N–H and O–H groups in total. The van der Waals surface area contributed by atoms with Gasteiger partial charge in [-0.1, -0.05) is 12.2 Å². The molecule has 0 bridgehead atoms. The Morgan fingerprint density at radius 1 is 1.64 bits per heavy atom. The van der Waals surface area contributed by atoms with Crippen molar-refractivity contribution < 1.29 is 9.84 Å². The van der Waals surface area contributed by atoms with Crippen LogP contribution in [0.15, 0.2) is 12.2 Å². The van der Waals surface area contributed by atoms with Gasteiger partial charge in [-0.25, -0.2) is 0 Å². The lowest BCUT2D eigenvalue weighted by atomic mass is 10.4. The molecule has 0 radical (unpaired) electrons. The summed E-state index contributed by atoms with van der Waals surface area (Å²) in [6.45, 7) is 3.74. The number of methoxy groups -OCH3 is 1. The highest BCUT2D eigenvalue weighted by atomic mass is 16.5. The number of rotatable bonds is 6. The van der Waals surface area contributed by atoms with E-state index in [0.717, 1.165) is 6.54 Å². The first kappa shape index (κ1) is 10.6. The van der Waals surface area contributed by atoms with Crippen molar-refractivity contribution in [2.75, 3.05) is 26.8 Å². The standard InChI is InChI=1S/C8H17NO2/c1-3-4-5-9-6-8(10)7-11-2/h3-4,8-10H,5-7H2,1-2H3/b4-3+. The average Bonchev–Trinajstić information content (AvgIpc) is 1.99. The fourth-order valence-electron chi connectivity index (χ4n) is 0.702. The van der Waals surface area contributed by atoms with Crippen molar-refractivity contribution in [2.45, 2.75) is 13.0 Å². The molecule has 0 aromatic rings. The summed E-state index contributed by atoms with van der Waals surface area (Å²) in [5.41, 5.74) is 0. The molecule has 0 heterocycles. The first-order valence-electron chi connectivity index (χ1n) is 3.80. The van der Waals surface area contributed by atoms with Gasteiger partial charge in [0, 0.05) is 20.2 Å². The van der Waals surface area contributed by atoms with Crippen molar-refractivity contribution in [3.8, 4) is 0 Å². The van der Waals surface area contributed by atoms with Crippen LogP contribution < -0.4 is 5.32 Å². The Labute approximate surface area is 68.1 Å². The summed E-state index contributed by atoms with van der Waals surface area (Å²) in [4.78, 5) is 0. The Morgan fingerprint density at radius 3 is 2.91 bits per heavy atom. The maximum absolute atomic E-state index is 9.14. The van der Waals surface area contributed by atoms with Crippen LogP contribution >= 0.6 is 0 Å². The summed E-state index contributed by atoms with van der Waals surface area (Å²) in [5, 5.41) is 12.2. The third-order valence-corrected chi connectivity index (χ3v) is 1.24. The van der Waals surface area contributed by atoms with Crippen molar-refractivity contribution in [3.05, 3.63) is 12.2 Å². The highest BCUT2D eigenvalue weighted by Crippen LogP contribution is 1.80. The molecule has 0 rings (SSSR count). The van der Waals surface area contributed by atoms with E-state index in [0.29, 0.717) is 13.2 Å². The molecule has 1 atom stereocenters. The Morgan fingerprint density at radius 2 is 2.36 bits per heavy atom. The lowest BCUT2D eigenvalue weighted by molar-refractivity contribution is 0.0652. The molecule has 0 fully saturated rings. The summed E-state index contributed by atoms with van der Waals surface area (Å²) >= 11 is 0. The molecule has 0 amide bonds. The van der Waals surface area contributed by atoms with Crippen LogP contribution in [0.4, 0.5) is 0 Å². The third-order valence-electron chi connectivity index (χ3n) is 1.24. The van der Waals surface area contributed by atoms with Crippen LogP contribution in [0.3, 0.4) is 0 Å². The Hall–Kier alpha value is -0.380. The van der Waals surface area contributed by atoms with Gasteiger partial charge in [-0.3, -0.25) is 0 Å². The lowest BCUT2D eigenvalue weighted by Crippen LogP contribution is -2.30. The molecule has 0 aromatic carbocycles. The lowest BCUT2D eigenvalue weighted by Gasteiger charge is -2.08. The number of allylic oxidation sites excluding steroid dienone is 1. The van der Waals surface area contributed by atoms with E-state index < -0.39 is 6.10 Å².